The molecule has 2 heterocycles. The fourth-order valence-electron chi connectivity index (χ4n) is 4.09. The molecule has 0 saturated carbocycles. The maximum Gasteiger partial charge on any atom is 0.258 e. The molecule has 0 fully saturated rings. The van der Waals surface area contributed by atoms with E-state index in [0.717, 1.165) is 28.0 Å². The first-order chi connectivity index (χ1) is 16.4. The molecule has 0 radical (unpaired) electrons. The van der Waals surface area contributed by atoms with Crippen LogP contribution in [0.15, 0.2) is 83.0 Å². The zero-order chi connectivity index (χ0) is 23.8. The first-order valence-electron chi connectivity index (χ1n) is 10.6. The highest BCUT2D eigenvalue weighted by Gasteiger charge is 2.34. The van der Waals surface area contributed by atoms with Crippen LogP contribution >= 0.6 is 23.8 Å². The van der Waals surface area contributed by atoms with Gasteiger partial charge in [-0.05, 0) is 68.0 Å². The van der Waals surface area contributed by atoms with Gasteiger partial charge in [0.15, 0.2) is 5.11 Å². The summed E-state index contributed by atoms with van der Waals surface area (Å²) in [7, 11) is 0. The van der Waals surface area contributed by atoms with Gasteiger partial charge < -0.3 is 9.84 Å². The zero-order valence-electron chi connectivity index (χ0n) is 18.4. The van der Waals surface area contributed by atoms with Crippen LogP contribution in [0.2, 0.25) is 5.02 Å². The summed E-state index contributed by atoms with van der Waals surface area (Å²) in [4.78, 5) is 6.49. The van der Waals surface area contributed by atoms with E-state index in [0.29, 0.717) is 27.5 Å². The Morgan fingerprint density at radius 3 is 2.53 bits per heavy atom. The Morgan fingerprint density at radius 1 is 1.03 bits per heavy atom. The number of aromatic nitrogens is 2. The number of hydrogen-bond acceptors (Lipinski definition) is 4. The van der Waals surface area contributed by atoms with Crippen LogP contribution in [0.1, 0.15) is 30.0 Å². The lowest BCUT2D eigenvalue weighted by molar-refractivity contribution is 0.404. The van der Waals surface area contributed by atoms with Crippen LogP contribution < -0.4 is 10.2 Å². The van der Waals surface area contributed by atoms with Gasteiger partial charge in [0.25, 0.3) is 5.89 Å². The van der Waals surface area contributed by atoms with E-state index >= 15 is 0 Å². The largest absolute Gasteiger partial charge is 0.351 e. The van der Waals surface area contributed by atoms with Crippen molar-refractivity contribution >= 4 is 40.2 Å². The molecule has 1 aliphatic rings. The molecule has 0 saturated heterocycles. The third-order valence-corrected chi connectivity index (χ3v) is 6.24. The average molecular weight is 491 g/mol. The molecule has 8 heteroatoms. The van der Waals surface area contributed by atoms with E-state index in [1.165, 1.54) is 12.1 Å². The van der Waals surface area contributed by atoms with Crippen LogP contribution in [0.4, 0.5) is 10.1 Å². The number of thiocarbonyl (C=S) groups is 1. The lowest BCUT2D eigenvalue weighted by Gasteiger charge is -2.37. The molecule has 5 nitrogen and oxygen atoms in total. The highest BCUT2D eigenvalue weighted by molar-refractivity contribution is 7.80. The fourth-order valence-corrected chi connectivity index (χ4v) is 4.57. The molecular formula is C26H20ClFN4OS. The van der Waals surface area contributed by atoms with Crippen LogP contribution in [-0.4, -0.2) is 15.3 Å². The summed E-state index contributed by atoms with van der Waals surface area (Å²) in [6.07, 6.45) is 0. The van der Waals surface area contributed by atoms with E-state index in [2.05, 4.69) is 10.5 Å². The normalized spacial score (nSPS) is 16.1. The highest BCUT2D eigenvalue weighted by atomic mass is 35.5. The van der Waals surface area contributed by atoms with Gasteiger partial charge in [-0.25, -0.2) is 4.39 Å². The van der Waals surface area contributed by atoms with Crippen molar-refractivity contribution in [1.29, 1.82) is 0 Å². The molecule has 1 N–H and O–H groups in total. The third kappa shape index (κ3) is 4.20. The van der Waals surface area contributed by atoms with Gasteiger partial charge in [-0.1, -0.05) is 58.7 Å². The molecule has 3 aromatic carbocycles. The Balaban J connectivity index is 1.66. The molecule has 5 rings (SSSR count). The lowest BCUT2D eigenvalue weighted by Crippen LogP contribution is -2.46. The number of anilines is 1. The second-order valence-electron chi connectivity index (χ2n) is 8.04. The second kappa shape index (κ2) is 9.00. The van der Waals surface area contributed by atoms with Crippen LogP contribution in [0.5, 0.6) is 0 Å². The van der Waals surface area contributed by atoms with Crippen molar-refractivity contribution in [3.8, 4) is 11.4 Å². The zero-order valence-corrected chi connectivity index (χ0v) is 20.0. The first kappa shape index (κ1) is 22.3. The van der Waals surface area contributed by atoms with Gasteiger partial charge in [-0.3, -0.25) is 4.90 Å². The van der Waals surface area contributed by atoms with Crippen LogP contribution in [0.3, 0.4) is 0 Å². The molecule has 0 spiro atoms. The Hall–Kier alpha value is -3.55. The SMILES string of the molecule is CC1=C(c2nc(-c3cccc(C)c3)no2)C(c2ccc(Cl)cc2)NC(=S)N1c1cccc(F)c1. The van der Waals surface area contributed by atoms with Gasteiger partial charge in [0.05, 0.1) is 17.3 Å². The number of nitrogens with one attached hydrogen (secondary N) is 1. The Bertz CT molecular complexity index is 1420. The minimum Gasteiger partial charge on any atom is -0.351 e. The van der Waals surface area contributed by atoms with Gasteiger partial charge in [0.1, 0.15) is 5.82 Å². The van der Waals surface area contributed by atoms with Crippen LogP contribution in [0.25, 0.3) is 17.0 Å². The Morgan fingerprint density at radius 2 is 1.79 bits per heavy atom. The van der Waals surface area contributed by atoms with Gasteiger partial charge in [-0.15, -0.1) is 0 Å². The summed E-state index contributed by atoms with van der Waals surface area (Å²) in [6, 6.07) is 21.3. The van der Waals surface area contributed by atoms with E-state index in [1.54, 1.807) is 17.0 Å². The molecule has 1 unspecified atom stereocenters. The highest BCUT2D eigenvalue weighted by Crippen LogP contribution is 2.39. The summed E-state index contributed by atoms with van der Waals surface area (Å²) in [5, 5.41) is 8.66. The second-order valence-corrected chi connectivity index (χ2v) is 8.86. The maximum atomic E-state index is 14.0. The van der Waals surface area contributed by atoms with E-state index in [4.69, 9.17) is 33.3 Å². The van der Waals surface area contributed by atoms with Gasteiger partial charge in [0.2, 0.25) is 5.82 Å². The standard InChI is InChI=1S/C26H20ClFN4OS/c1-15-5-3-6-18(13-15)24-30-25(33-31-24)22-16(2)32(21-8-4-7-20(28)14-21)26(34)29-23(22)17-9-11-19(27)12-10-17/h3-14,23H,1-2H3,(H,29,34). The quantitative estimate of drug-likeness (QED) is 0.321. The lowest BCUT2D eigenvalue weighted by atomic mass is 9.94. The number of aryl methyl sites for hydroxylation is 1. The summed E-state index contributed by atoms with van der Waals surface area (Å²) in [6.45, 7) is 3.92. The summed E-state index contributed by atoms with van der Waals surface area (Å²) >= 11 is 11.8. The number of hydrogen-bond donors (Lipinski definition) is 1. The maximum absolute atomic E-state index is 14.0. The van der Waals surface area contributed by atoms with E-state index < -0.39 is 0 Å². The van der Waals surface area contributed by atoms with E-state index in [9.17, 15) is 4.39 Å². The molecule has 170 valence electrons. The predicted octanol–water partition coefficient (Wildman–Crippen LogP) is 6.70. The minimum atomic E-state index is -0.361. The first-order valence-corrected chi connectivity index (χ1v) is 11.4. The van der Waals surface area contributed by atoms with Crippen molar-refractivity contribution in [3.63, 3.8) is 0 Å². The molecule has 4 aromatic rings. The molecule has 0 aliphatic carbocycles. The topological polar surface area (TPSA) is 54.2 Å². The molecule has 0 bridgehead atoms. The van der Waals surface area contributed by atoms with Crippen LogP contribution in [-0.2, 0) is 0 Å². The number of benzene rings is 3. The molecule has 1 aromatic heterocycles. The monoisotopic (exact) mass is 490 g/mol. The van der Waals surface area contributed by atoms with Crippen LogP contribution in [0, 0.1) is 12.7 Å². The van der Waals surface area contributed by atoms with Crippen molar-refractivity contribution in [3.05, 3.63) is 106 Å². The number of nitrogens with zero attached hydrogens (tertiary/aromatic N) is 3. The minimum absolute atomic E-state index is 0.352. The third-order valence-electron chi connectivity index (χ3n) is 5.69. The molecular weight excluding hydrogens is 471 g/mol. The average Bonchev–Trinajstić information content (AvgIpc) is 3.29. The Labute approximate surface area is 206 Å². The number of allylic oxidation sites excluding steroid dienone is 1. The molecule has 1 aliphatic heterocycles. The van der Waals surface area contributed by atoms with Crippen molar-refractivity contribution in [2.45, 2.75) is 19.9 Å². The molecule has 34 heavy (non-hydrogen) atoms. The predicted molar refractivity (Wildman–Crippen MR) is 136 cm³/mol. The molecule has 0 amide bonds. The van der Waals surface area contributed by atoms with Crippen molar-refractivity contribution in [2.75, 3.05) is 4.90 Å². The summed E-state index contributed by atoms with van der Waals surface area (Å²) < 4.78 is 19.8. The number of halogens is 2. The van der Waals surface area contributed by atoms with E-state index in [-0.39, 0.29) is 11.9 Å². The number of rotatable bonds is 4. The van der Waals surface area contributed by atoms with Crippen molar-refractivity contribution < 1.29 is 8.91 Å². The van der Waals surface area contributed by atoms with Gasteiger partial charge in [0, 0.05) is 16.3 Å². The van der Waals surface area contributed by atoms with Crippen molar-refractivity contribution in [1.82, 2.24) is 15.5 Å². The smallest absolute Gasteiger partial charge is 0.258 e. The summed E-state index contributed by atoms with van der Waals surface area (Å²) in [5.41, 5.74) is 4.98. The summed E-state index contributed by atoms with van der Waals surface area (Å²) in [5.74, 6) is 0.485. The van der Waals surface area contributed by atoms with Crippen molar-refractivity contribution in [2.24, 2.45) is 0 Å². The fraction of sp³-hybridized carbons (Fsp3) is 0.115. The molecule has 1 atom stereocenters. The Kier molecular flexibility index (Phi) is 5.89. The van der Waals surface area contributed by atoms with Gasteiger partial charge >= 0.3 is 0 Å². The van der Waals surface area contributed by atoms with Gasteiger partial charge in [-0.2, -0.15) is 4.98 Å². The van der Waals surface area contributed by atoms with E-state index in [1.807, 2.05) is 62.4 Å².